The Morgan fingerprint density at radius 2 is 1.97 bits per heavy atom. The van der Waals surface area contributed by atoms with Crippen LogP contribution in [0.25, 0.3) is 10.8 Å². The topological polar surface area (TPSA) is 53.5 Å². The summed E-state index contributed by atoms with van der Waals surface area (Å²) in [6, 6.07) is 12.8. The zero-order chi connectivity index (χ0) is 20.2. The van der Waals surface area contributed by atoms with Crippen LogP contribution in [0.15, 0.2) is 53.7 Å². The predicted octanol–water partition coefficient (Wildman–Crippen LogP) is 3.37. The monoisotopic (exact) mass is 421 g/mol. The zero-order valence-corrected chi connectivity index (χ0v) is 17.9. The van der Waals surface area contributed by atoms with Gasteiger partial charge in [-0.2, -0.15) is 0 Å². The fourth-order valence-corrected chi connectivity index (χ4v) is 4.91. The van der Waals surface area contributed by atoms with Gasteiger partial charge < -0.3 is 15.0 Å². The van der Waals surface area contributed by atoms with Gasteiger partial charge in [-0.3, -0.25) is 9.88 Å². The molecular formula is C23H27N5OS. The van der Waals surface area contributed by atoms with Crippen molar-refractivity contribution in [3.63, 3.8) is 0 Å². The van der Waals surface area contributed by atoms with Gasteiger partial charge in [-0.25, -0.2) is 4.98 Å². The molecule has 0 radical (unpaired) electrons. The summed E-state index contributed by atoms with van der Waals surface area (Å²) in [5, 5.41) is 6.04. The molecule has 1 fully saturated rings. The molecular weight excluding hydrogens is 394 g/mol. The zero-order valence-electron chi connectivity index (χ0n) is 17.1. The van der Waals surface area contributed by atoms with Crippen LogP contribution in [0.5, 0.6) is 5.75 Å². The number of nitrogens with one attached hydrogen (secondary N) is 1. The number of pyridine rings is 2. The summed E-state index contributed by atoms with van der Waals surface area (Å²) in [4.78, 5) is 15.3. The van der Waals surface area contributed by atoms with Crippen molar-refractivity contribution in [2.45, 2.75) is 17.9 Å². The molecule has 1 aromatic carbocycles. The molecule has 0 unspecified atom stereocenters. The highest BCUT2D eigenvalue weighted by Crippen LogP contribution is 2.35. The van der Waals surface area contributed by atoms with E-state index >= 15 is 0 Å². The first kappa shape index (κ1) is 19.6. The van der Waals surface area contributed by atoms with Crippen LogP contribution in [0.4, 0.5) is 5.82 Å². The van der Waals surface area contributed by atoms with Crippen molar-refractivity contribution in [2.75, 3.05) is 50.1 Å². The normalized spacial score (nSPS) is 16.6. The van der Waals surface area contributed by atoms with E-state index in [-0.39, 0.29) is 0 Å². The van der Waals surface area contributed by atoms with E-state index in [2.05, 4.69) is 61.5 Å². The number of thioether (sulfide) groups is 1. The van der Waals surface area contributed by atoms with Gasteiger partial charge in [0.25, 0.3) is 0 Å². The molecule has 6 nitrogen and oxygen atoms in total. The van der Waals surface area contributed by atoms with Crippen molar-refractivity contribution in [1.82, 2.24) is 20.2 Å². The Hall–Kier alpha value is -2.35. The average Bonchev–Trinajstić information content (AvgIpc) is 3.27. The molecule has 7 heteroatoms. The first-order valence-corrected chi connectivity index (χ1v) is 11.6. The van der Waals surface area contributed by atoms with Crippen molar-refractivity contribution in [3.05, 3.63) is 54.5 Å². The van der Waals surface area contributed by atoms with Crippen LogP contribution in [-0.2, 0) is 6.54 Å². The van der Waals surface area contributed by atoms with Crippen molar-refractivity contribution in [1.29, 1.82) is 0 Å². The minimum atomic E-state index is 0.706. The Bertz CT molecular complexity index is 1000. The molecule has 30 heavy (non-hydrogen) atoms. The first-order chi connectivity index (χ1) is 14.9. The van der Waals surface area contributed by atoms with Gasteiger partial charge in [0.2, 0.25) is 0 Å². The van der Waals surface area contributed by atoms with E-state index in [0.29, 0.717) is 5.94 Å². The standard InChI is InChI=1S/C23H27N5OS/c1-2-5-20-18(4-1)6-8-25-23(20)28-12-10-27(11-13-28)9-3-7-24-15-19-14-22-21(16-26-19)29-17-30-22/h1-2,4-6,8,14,16,24H,3,7,9-13,15,17H2. The summed E-state index contributed by atoms with van der Waals surface area (Å²) in [6.45, 7) is 7.20. The number of anilines is 1. The van der Waals surface area contributed by atoms with E-state index in [1.165, 1.54) is 15.7 Å². The maximum atomic E-state index is 5.49. The van der Waals surface area contributed by atoms with Crippen LogP contribution in [-0.4, -0.2) is 60.1 Å². The third-order valence-electron chi connectivity index (χ3n) is 5.78. The Morgan fingerprint density at radius 1 is 1.07 bits per heavy atom. The second-order valence-corrected chi connectivity index (χ2v) is 8.71. The van der Waals surface area contributed by atoms with Gasteiger partial charge in [-0.15, -0.1) is 0 Å². The lowest BCUT2D eigenvalue weighted by molar-refractivity contribution is 0.253. The molecule has 0 aliphatic carbocycles. The molecule has 1 N–H and O–H groups in total. The second-order valence-electron chi connectivity index (χ2n) is 7.74. The van der Waals surface area contributed by atoms with Crippen LogP contribution in [0, 0.1) is 0 Å². The number of hydrogen-bond acceptors (Lipinski definition) is 7. The van der Waals surface area contributed by atoms with Gasteiger partial charge in [-0.05, 0) is 37.0 Å². The van der Waals surface area contributed by atoms with E-state index in [4.69, 9.17) is 4.74 Å². The van der Waals surface area contributed by atoms with Crippen LogP contribution in [0.3, 0.4) is 0 Å². The highest BCUT2D eigenvalue weighted by atomic mass is 32.2. The number of aromatic nitrogens is 2. The van der Waals surface area contributed by atoms with Gasteiger partial charge in [0.1, 0.15) is 11.8 Å². The van der Waals surface area contributed by atoms with E-state index in [0.717, 1.165) is 69.5 Å². The maximum Gasteiger partial charge on any atom is 0.152 e. The number of piperazine rings is 1. The van der Waals surface area contributed by atoms with Crippen molar-refractivity contribution in [2.24, 2.45) is 0 Å². The number of hydrogen-bond donors (Lipinski definition) is 1. The molecule has 2 aromatic heterocycles. The summed E-state index contributed by atoms with van der Waals surface area (Å²) in [5.41, 5.74) is 1.09. The van der Waals surface area contributed by atoms with E-state index < -0.39 is 0 Å². The molecule has 1 saturated heterocycles. The van der Waals surface area contributed by atoms with Gasteiger partial charge in [-0.1, -0.05) is 36.0 Å². The Balaban J connectivity index is 1.05. The summed E-state index contributed by atoms with van der Waals surface area (Å²) in [5.74, 6) is 2.75. The van der Waals surface area contributed by atoms with Crippen molar-refractivity contribution in [3.8, 4) is 5.75 Å². The lowest BCUT2D eigenvalue weighted by Crippen LogP contribution is -2.47. The largest absolute Gasteiger partial charge is 0.480 e. The molecule has 0 atom stereocenters. The van der Waals surface area contributed by atoms with Gasteiger partial charge in [0.05, 0.1) is 16.8 Å². The van der Waals surface area contributed by atoms with E-state index in [1.807, 2.05) is 12.4 Å². The van der Waals surface area contributed by atoms with Gasteiger partial charge in [0, 0.05) is 44.3 Å². The molecule has 0 amide bonds. The van der Waals surface area contributed by atoms with Crippen LogP contribution >= 0.6 is 11.8 Å². The minimum absolute atomic E-state index is 0.706. The van der Waals surface area contributed by atoms with Gasteiger partial charge in [0.15, 0.2) is 5.75 Å². The molecule has 2 aliphatic heterocycles. The van der Waals surface area contributed by atoms with Crippen molar-refractivity contribution < 1.29 is 4.74 Å². The number of ether oxygens (including phenoxy) is 1. The lowest BCUT2D eigenvalue weighted by atomic mass is 10.1. The molecule has 2 aliphatic rings. The molecule has 3 aromatic rings. The average molecular weight is 422 g/mol. The highest BCUT2D eigenvalue weighted by molar-refractivity contribution is 7.99. The third-order valence-corrected chi connectivity index (χ3v) is 6.64. The molecule has 5 rings (SSSR count). The number of nitrogens with zero attached hydrogens (tertiary/aromatic N) is 4. The molecule has 0 spiro atoms. The quantitative estimate of drug-likeness (QED) is 0.587. The molecule has 0 bridgehead atoms. The van der Waals surface area contributed by atoms with Gasteiger partial charge >= 0.3 is 0 Å². The summed E-state index contributed by atoms with van der Waals surface area (Å²) in [7, 11) is 0. The number of benzene rings is 1. The summed E-state index contributed by atoms with van der Waals surface area (Å²) >= 11 is 1.74. The Kier molecular flexibility index (Phi) is 6.01. The third kappa shape index (κ3) is 4.38. The smallest absolute Gasteiger partial charge is 0.152 e. The number of fused-ring (bicyclic) bond motifs is 2. The first-order valence-electron chi connectivity index (χ1n) is 10.6. The van der Waals surface area contributed by atoms with E-state index in [9.17, 15) is 0 Å². The molecule has 4 heterocycles. The van der Waals surface area contributed by atoms with E-state index in [1.54, 1.807) is 11.8 Å². The summed E-state index contributed by atoms with van der Waals surface area (Å²) in [6.07, 6.45) is 4.92. The van der Waals surface area contributed by atoms with Crippen LogP contribution in [0.1, 0.15) is 12.1 Å². The van der Waals surface area contributed by atoms with Crippen molar-refractivity contribution >= 4 is 28.4 Å². The number of rotatable bonds is 7. The van der Waals surface area contributed by atoms with Crippen LogP contribution < -0.4 is 15.0 Å². The SMILES string of the molecule is c1ccc2c(N3CCN(CCCNCc4cc5c(cn4)OCS5)CC3)nccc2c1. The Labute approximate surface area is 181 Å². The second kappa shape index (κ2) is 9.20. The van der Waals surface area contributed by atoms with Crippen LogP contribution in [0.2, 0.25) is 0 Å². The highest BCUT2D eigenvalue weighted by Gasteiger charge is 2.19. The molecule has 156 valence electrons. The Morgan fingerprint density at radius 3 is 2.90 bits per heavy atom. The summed E-state index contributed by atoms with van der Waals surface area (Å²) < 4.78 is 5.49. The lowest BCUT2D eigenvalue weighted by Gasteiger charge is -2.35. The predicted molar refractivity (Wildman–Crippen MR) is 122 cm³/mol. The molecule has 0 saturated carbocycles. The maximum absolute atomic E-state index is 5.49. The fourth-order valence-electron chi connectivity index (χ4n) is 4.12. The fraction of sp³-hybridized carbons (Fsp3) is 0.391. The minimum Gasteiger partial charge on any atom is -0.480 e.